The number of carbonyl (C=O) groups is 3. The number of hydrogen-bond acceptors (Lipinski definition) is 6. The minimum absolute atomic E-state index is 0. The lowest BCUT2D eigenvalue weighted by atomic mass is 9.96. The van der Waals surface area contributed by atoms with Crippen molar-refractivity contribution in [2.75, 3.05) is 0 Å². The van der Waals surface area contributed by atoms with Crippen molar-refractivity contribution in [1.29, 1.82) is 0 Å². The molecular formula is C6H13AlO11S. The van der Waals surface area contributed by atoms with Crippen molar-refractivity contribution in [2.24, 2.45) is 0 Å². The Kier molecular flexibility index (Phi) is 10.6. The van der Waals surface area contributed by atoms with Crippen molar-refractivity contribution in [1.82, 2.24) is 0 Å². The summed E-state index contributed by atoms with van der Waals surface area (Å²) >= 11 is 0. The lowest BCUT2D eigenvalue weighted by Gasteiger charge is -2.18. The Hall–Kier alpha value is -1.23. The molecule has 0 aliphatic heterocycles. The second-order valence-corrected chi connectivity index (χ2v) is 3.82. The highest BCUT2D eigenvalue weighted by Gasteiger charge is 2.40. The molecule has 6 N–H and O–H groups in total. The fraction of sp³-hybridized carbons (Fsp3) is 0.500. The molecular weight excluding hydrogens is 307 g/mol. The molecule has 0 spiro atoms. The molecule has 0 amide bonds. The quantitative estimate of drug-likeness (QED) is 0.221. The van der Waals surface area contributed by atoms with E-state index in [0.29, 0.717) is 0 Å². The molecule has 0 aromatic carbocycles. The van der Waals surface area contributed by atoms with Crippen molar-refractivity contribution in [2.45, 2.75) is 18.4 Å². The van der Waals surface area contributed by atoms with Gasteiger partial charge in [0.05, 0.1) is 12.8 Å². The predicted octanol–water partition coefficient (Wildman–Crippen LogP) is -3.09. The summed E-state index contributed by atoms with van der Waals surface area (Å²) in [7, 11) is -4.67. The van der Waals surface area contributed by atoms with Crippen LogP contribution in [0.2, 0.25) is 0 Å². The molecule has 0 fully saturated rings. The monoisotopic (exact) mass is 320 g/mol. The van der Waals surface area contributed by atoms with E-state index >= 15 is 0 Å². The molecule has 13 heteroatoms. The van der Waals surface area contributed by atoms with Gasteiger partial charge in [-0.15, -0.1) is 0 Å². The largest absolute Gasteiger partial charge is 0.481 e. The molecule has 0 aliphatic rings. The van der Waals surface area contributed by atoms with Crippen LogP contribution in [0.3, 0.4) is 0 Å². The highest BCUT2D eigenvalue weighted by atomic mass is 32.3. The van der Waals surface area contributed by atoms with Crippen LogP contribution in [0.1, 0.15) is 12.8 Å². The lowest BCUT2D eigenvalue weighted by Crippen LogP contribution is -2.42. The molecule has 112 valence electrons. The van der Waals surface area contributed by atoms with Crippen LogP contribution in [-0.2, 0) is 24.8 Å². The van der Waals surface area contributed by atoms with Gasteiger partial charge in [-0.25, -0.2) is 4.79 Å². The Morgan fingerprint density at radius 2 is 1.11 bits per heavy atom. The highest BCUT2D eigenvalue weighted by Crippen LogP contribution is 2.15. The molecule has 0 aliphatic carbocycles. The molecule has 0 saturated carbocycles. The zero-order valence-corrected chi connectivity index (χ0v) is 9.36. The highest BCUT2D eigenvalue weighted by molar-refractivity contribution is 7.79. The molecule has 0 aromatic rings. The summed E-state index contributed by atoms with van der Waals surface area (Å²) in [6.45, 7) is 0. The molecule has 0 radical (unpaired) electrons. The van der Waals surface area contributed by atoms with Gasteiger partial charge in [0.1, 0.15) is 0 Å². The van der Waals surface area contributed by atoms with Crippen molar-refractivity contribution in [3.8, 4) is 0 Å². The molecule has 0 bridgehead atoms. The Bertz CT molecular complexity index is 402. The third kappa shape index (κ3) is 16.8. The maximum Gasteiger partial charge on any atom is 0.394 e. The average Bonchev–Trinajstić information content (AvgIpc) is 1.95. The minimum Gasteiger partial charge on any atom is -0.481 e. The Balaban J connectivity index is -0.000000366. The van der Waals surface area contributed by atoms with Crippen molar-refractivity contribution in [3.63, 3.8) is 0 Å². The van der Waals surface area contributed by atoms with E-state index in [1.54, 1.807) is 0 Å². The Labute approximate surface area is 117 Å². The van der Waals surface area contributed by atoms with Gasteiger partial charge in [0.15, 0.2) is 23.0 Å². The molecule has 11 nitrogen and oxygen atoms in total. The van der Waals surface area contributed by atoms with Gasteiger partial charge in [0.2, 0.25) is 0 Å². The number of aliphatic hydroxyl groups is 1. The van der Waals surface area contributed by atoms with Crippen LogP contribution >= 0.6 is 0 Å². The molecule has 0 heterocycles. The number of hydrogen-bond donors (Lipinski definition) is 6. The summed E-state index contributed by atoms with van der Waals surface area (Å²) < 4.78 is 31.6. The number of aliphatic carboxylic acids is 3. The second-order valence-electron chi connectivity index (χ2n) is 2.93. The summed E-state index contributed by atoms with van der Waals surface area (Å²) in [6.07, 6.45) is -2.29. The number of carboxylic acid groups (broad SMARTS) is 3. The fourth-order valence-electron chi connectivity index (χ4n) is 0.714. The van der Waals surface area contributed by atoms with E-state index in [1.807, 2.05) is 0 Å². The Morgan fingerprint density at radius 1 is 0.895 bits per heavy atom. The van der Waals surface area contributed by atoms with Crippen LogP contribution in [0.15, 0.2) is 0 Å². The van der Waals surface area contributed by atoms with Gasteiger partial charge in [-0.1, -0.05) is 0 Å². The fourth-order valence-corrected chi connectivity index (χ4v) is 0.714. The first kappa shape index (κ1) is 22.9. The minimum atomic E-state index is -4.67. The Morgan fingerprint density at radius 3 is 1.21 bits per heavy atom. The summed E-state index contributed by atoms with van der Waals surface area (Å²) in [5.74, 6) is -5.02. The first-order chi connectivity index (χ1) is 7.78. The molecule has 0 unspecified atom stereocenters. The standard InChI is InChI=1S/C6H8O7.Al.H2O4S.3H/c7-3(8)1-6(13,5(11)12)2-4(9)10;;1-5(2,3)4;;;/h13H,1-2H2,(H,7,8)(H,9,10)(H,11,12);;(H2,1,2,3,4);;;. The van der Waals surface area contributed by atoms with Crippen molar-refractivity contribution < 1.29 is 52.3 Å². The van der Waals surface area contributed by atoms with Crippen LogP contribution in [0, 0.1) is 0 Å². The van der Waals surface area contributed by atoms with Crippen LogP contribution in [-0.4, -0.2) is 78.8 Å². The van der Waals surface area contributed by atoms with Gasteiger partial charge in [-0.3, -0.25) is 18.7 Å². The summed E-state index contributed by atoms with van der Waals surface area (Å²) in [5.41, 5.74) is -2.74. The summed E-state index contributed by atoms with van der Waals surface area (Å²) in [5, 5.41) is 33.8. The van der Waals surface area contributed by atoms with Gasteiger partial charge in [-0.2, -0.15) is 8.42 Å². The SMILES string of the molecule is O=C(O)CC(O)(CC(=O)O)C(=O)O.O=S(=O)(O)O.[AlH3]. The first-order valence-corrected chi connectivity index (χ1v) is 5.27. The zero-order valence-electron chi connectivity index (χ0n) is 8.55. The van der Waals surface area contributed by atoms with E-state index in [0.717, 1.165) is 0 Å². The topological polar surface area (TPSA) is 207 Å². The van der Waals surface area contributed by atoms with Crippen molar-refractivity contribution >= 4 is 45.7 Å². The van der Waals surface area contributed by atoms with E-state index in [1.165, 1.54) is 0 Å². The van der Waals surface area contributed by atoms with Gasteiger partial charge in [0, 0.05) is 0 Å². The normalized spacial score (nSPS) is 10.5. The van der Waals surface area contributed by atoms with Crippen molar-refractivity contribution in [3.05, 3.63) is 0 Å². The lowest BCUT2D eigenvalue weighted by molar-refractivity contribution is -0.170. The zero-order chi connectivity index (χ0) is 15.1. The van der Waals surface area contributed by atoms with E-state index in [9.17, 15) is 14.4 Å². The molecule has 19 heavy (non-hydrogen) atoms. The second kappa shape index (κ2) is 8.80. The predicted molar refractivity (Wildman–Crippen MR) is 61.2 cm³/mol. The van der Waals surface area contributed by atoms with Crippen LogP contribution in [0.5, 0.6) is 0 Å². The summed E-state index contributed by atoms with van der Waals surface area (Å²) in [4.78, 5) is 30.5. The van der Waals surface area contributed by atoms with E-state index in [4.69, 9.17) is 37.9 Å². The third-order valence-corrected chi connectivity index (χ3v) is 1.29. The van der Waals surface area contributed by atoms with Crippen LogP contribution in [0.25, 0.3) is 0 Å². The molecule has 0 aromatic heterocycles. The third-order valence-electron chi connectivity index (χ3n) is 1.29. The number of carboxylic acids is 3. The van der Waals surface area contributed by atoms with Crippen LogP contribution in [0.4, 0.5) is 0 Å². The maximum absolute atomic E-state index is 10.3. The maximum atomic E-state index is 10.3. The first-order valence-electron chi connectivity index (χ1n) is 3.87. The van der Waals surface area contributed by atoms with E-state index in [2.05, 4.69) is 0 Å². The summed E-state index contributed by atoms with van der Waals surface area (Å²) in [6, 6.07) is 0. The van der Waals surface area contributed by atoms with Gasteiger partial charge >= 0.3 is 28.3 Å². The van der Waals surface area contributed by atoms with E-state index in [-0.39, 0.29) is 17.4 Å². The van der Waals surface area contributed by atoms with Gasteiger partial charge in [0.25, 0.3) is 0 Å². The molecule has 0 rings (SSSR count). The van der Waals surface area contributed by atoms with Crippen LogP contribution < -0.4 is 0 Å². The van der Waals surface area contributed by atoms with E-state index < -0.39 is 46.7 Å². The van der Waals surface area contributed by atoms with Gasteiger partial charge < -0.3 is 20.4 Å². The molecule has 0 saturated heterocycles. The molecule has 0 atom stereocenters. The average molecular weight is 320 g/mol. The van der Waals surface area contributed by atoms with Gasteiger partial charge in [-0.05, 0) is 0 Å². The number of rotatable bonds is 5. The smallest absolute Gasteiger partial charge is 0.394 e.